The number of aryl methyl sites for hydroxylation is 2. The highest BCUT2D eigenvalue weighted by molar-refractivity contribution is 6.00. The molecule has 6 aromatic rings. The second-order valence-electron chi connectivity index (χ2n) is 17.5. The van der Waals surface area contributed by atoms with Crippen molar-refractivity contribution in [2.45, 2.75) is 77.4 Å². The average molecular weight is 859 g/mol. The van der Waals surface area contributed by atoms with Gasteiger partial charge in [-0.1, -0.05) is 30.3 Å². The van der Waals surface area contributed by atoms with Gasteiger partial charge in [0.25, 0.3) is 11.5 Å². The van der Waals surface area contributed by atoms with E-state index in [2.05, 4.69) is 35.3 Å². The highest BCUT2D eigenvalue weighted by atomic mass is 19.1. The third-order valence-corrected chi connectivity index (χ3v) is 13.7. The molecular formula is C47H51FN8O7. The maximum Gasteiger partial charge on any atom is 0.438 e. The molecule has 10 rings (SSSR count). The number of methoxy groups -OCH3 is 1. The summed E-state index contributed by atoms with van der Waals surface area (Å²) in [6.45, 7) is 9.70. The van der Waals surface area contributed by atoms with Crippen molar-refractivity contribution in [2.75, 3.05) is 44.9 Å². The summed E-state index contributed by atoms with van der Waals surface area (Å²) < 4.78 is 34.5. The Balaban J connectivity index is 0.00000518. The number of carbonyl (C=O) groups excluding carboxylic acids is 2. The standard InChI is InChI=1S/C47H49FN8O7.H2/c1-26-19-34(20-27(2)39(26)48)55-41(57)36-11-14-53(29(4)40(36)49-44(55)54-16-15-52(46(54)60)25-30-7-6-8-35(21-30)61-5)42(58)38-23-33-22-32(31-12-17-62-18-13-31)9-10-37(33)56(38)47(24-28(47)3)43-50-45(59)63-51-43;/h6-10,19-23,28-29,31H,11-18,24-25H2,1-5H3,(H,50,51,59);1H/t28-,29-,47-;/m0./s1. The Hall–Kier alpha value is -6.55. The fraction of sp³-hybridized carbons (Fsp3) is 0.404. The van der Waals surface area contributed by atoms with E-state index in [1.165, 1.54) is 15.0 Å². The number of anilines is 1. The van der Waals surface area contributed by atoms with E-state index in [1.807, 2.05) is 41.8 Å². The average Bonchev–Trinajstić information content (AvgIpc) is 3.58. The number of hydrogen-bond donors (Lipinski definition) is 1. The van der Waals surface area contributed by atoms with Crippen LogP contribution in [0.3, 0.4) is 0 Å². The van der Waals surface area contributed by atoms with Crippen LogP contribution in [0.1, 0.15) is 96.3 Å². The number of benzene rings is 3. The van der Waals surface area contributed by atoms with Crippen molar-refractivity contribution in [3.8, 4) is 11.4 Å². The van der Waals surface area contributed by atoms with Crippen LogP contribution in [0.5, 0.6) is 5.75 Å². The molecule has 15 nitrogen and oxygen atoms in total. The zero-order valence-electron chi connectivity index (χ0n) is 35.9. The lowest BCUT2D eigenvalue weighted by Crippen LogP contribution is -2.45. The second-order valence-corrected chi connectivity index (χ2v) is 17.5. The van der Waals surface area contributed by atoms with Crippen LogP contribution in [0.15, 0.2) is 74.8 Å². The summed E-state index contributed by atoms with van der Waals surface area (Å²) in [4.78, 5) is 69.7. The van der Waals surface area contributed by atoms with Crippen LogP contribution in [-0.2, 0) is 23.2 Å². The van der Waals surface area contributed by atoms with E-state index in [-0.39, 0.29) is 56.1 Å². The number of H-pyrrole nitrogens is 1. The van der Waals surface area contributed by atoms with Crippen LogP contribution in [0, 0.1) is 25.6 Å². The molecule has 3 amide bonds. The number of fused-ring (bicyclic) bond motifs is 2. The molecule has 3 aliphatic heterocycles. The quantitative estimate of drug-likeness (QED) is 0.166. The van der Waals surface area contributed by atoms with Crippen LogP contribution >= 0.6 is 0 Å². The monoisotopic (exact) mass is 858 g/mol. The third-order valence-electron chi connectivity index (χ3n) is 13.7. The molecule has 16 heteroatoms. The number of ether oxygens (including phenoxy) is 2. The number of halogens is 1. The number of aromatic amines is 1. The minimum atomic E-state index is -0.840. The molecule has 0 spiro atoms. The number of rotatable bonds is 9. The first-order chi connectivity index (χ1) is 30.4. The molecule has 0 unspecified atom stereocenters. The molecule has 3 aromatic carbocycles. The third kappa shape index (κ3) is 6.64. The maximum atomic E-state index is 15.3. The zero-order valence-corrected chi connectivity index (χ0v) is 35.9. The minimum absolute atomic E-state index is 0. The van der Waals surface area contributed by atoms with Gasteiger partial charge in [0.1, 0.15) is 22.8 Å². The number of amides is 3. The molecule has 4 aliphatic rings. The lowest BCUT2D eigenvalue weighted by atomic mass is 9.91. The number of nitrogens with zero attached hydrogens (tertiary/aromatic N) is 7. The van der Waals surface area contributed by atoms with Gasteiger partial charge in [-0.25, -0.2) is 23.5 Å². The van der Waals surface area contributed by atoms with Gasteiger partial charge in [0, 0.05) is 57.3 Å². The van der Waals surface area contributed by atoms with Crippen LogP contribution in [-0.4, -0.2) is 86.0 Å². The number of hydrogen-bond acceptors (Lipinski definition) is 9. The van der Waals surface area contributed by atoms with E-state index in [0.717, 1.165) is 29.3 Å². The van der Waals surface area contributed by atoms with E-state index in [0.29, 0.717) is 84.0 Å². The summed E-state index contributed by atoms with van der Waals surface area (Å²) in [5.41, 5.74) is 3.97. The van der Waals surface area contributed by atoms with Crippen LogP contribution in [0.25, 0.3) is 16.6 Å². The first-order valence-electron chi connectivity index (χ1n) is 21.6. The molecule has 0 radical (unpaired) electrons. The Kier molecular flexibility index (Phi) is 9.88. The maximum absolute atomic E-state index is 15.3. The predicted molar refractivity (Wildman–Crippen MR) is 233 cm³/mol. The molecule has 0 bridgehead atoms. The van der Waals surface area contributed by atoms with Crippen LogP contribution < -0.4 is 21.0 Å². The summed E-state index contributed by atoms with van der Waals surface area (Å²) in [6.07, 6.45) is 2.62. The Bertz CT molecular complexity index is 2930. The van der Waals surface area contributed by atoms with Crippen molar-refractivity contribution in [2.24, 2.45) is 5.92 Å². The SMILES string of the molecule is COc1cccc(CN2CCN(c3nc4c(c(=O)n3-c3cc(C)c(F)c(C)c3)CCN(C(=O)c3cc5cc(C6CCOCC6)ccc5n3[C@@]3(c5noc(=O)[nH]5)C[C@@H]3C)[C@H]4C)C2=O)c1.[HH]. The lowest BCUT2D eigenvalue weighted by molar-refractivity contribution is 0.0658. The Morgan fingerprint density at radius 1 is 1.00 bits per heavy atom. The predicted octanol–water partition coefficient (Wildman–Crippen LogP) is 6.75. The number of carbonyl (C=O) groups is 2. The van der Waals surface area contributed by atoms with Crippen LogP contribution in [0.2, 0.25) is 0 Å². The van der Waals surface area contributed by atoms with Gasteiger partial charge < -0.3 is 23.8 Å². The van der Waals surface area contributed by atoms with E-state index in [4.69, 9.17) is 19.0 Å². The number of nitrogens with one attached hydrogen (secondary N) is 1. The van der Waals surface area contributed by atoms with Gasteiger partial charge in [-0.15, -0.1) is 0 Å². The van der Waals surface area contributed by atoms with Gasteiger partial charge >= 0.3 is 11.8 Å². The molecule has 1 aliphatic carbocycles. The molecule has 3 fully saturated rings. The van der Waals surface area contributed by atoms with Gasteiger partial charge in [0.2, 0.25) is 5.95 Å². The van der Waals surface area contributed by atoms with Crippen molar-refractivity contribution < 1.29 is 29.4 Å². The van der Waals surface area contributed by atoms with Crippen LogP contribution in [0.4, 0.5) is 15.1 Å². The minimum Gasteiger partial charge on any atom is -0.497 e. The first-order valence-corrected chi connectivity index (χ1v) is 21.6. The van der Waals surface area contributed by atoms with Crippen molar-refractivity contribution in [3.05, 3.63) is 132 Å². The Morgan fingerprint density at radius 2 is 1.76 bits per heavy atom. The van der Waals surface area contributed by atoms with Crippen molar-refractivity contribution in [3.63, 3.8) is 0 Å². The molecule has 1 saturated carbocycles. The molecular weight excluding hydrogens is 808 g/mol. The topological polar surface area (TPSA) is 161 Å². The molecule has 328 valence electrons. The molecule has 3 aromatic heterocycles. The van der Waals surface area contributed by atoms with Crippen molar-refractivity contribution >= 4 is 28.8 Å². The van der Waals surface area contributed by atoms with Crippen molar-refractivity contribution in [1.82, 2.24) is 34.1 Å². The fourth-order valence-electron chi connectivity index (χ4n) is 10.2. The summed E-state index contributed by atoms with van der Waals surface area (Å²) in [5, 5.41) is 5.03. The van der Waals surface area contributed by atoms with Gasteiger partial charge in [0.05, 0.1) is 24.5 Å². The van der Waals surface area contributed by atoms with E-state index < -0.39 is 17.3 Å². The summed E-state index contributed by atoms with van der Waals surface area (Å²) in [6, 6.07) is 17.9. The lowest BCUT2D eigenvalue weighted by Gasteiger charge is -2.36. The second kappa shape index (κ2) is 15.4. The molecule has 1 N–H and O–H groups in total. The summed E-state index contributed by atoms with van der Waals surface area (Å²) >= 11 is 0. The normalized spacial score (nSPS) is 21.4. The summed E-state index contributed by atoms with van der Waals surface area (Å²) in [5.74, 6) is 0.135. The van der Waals surface area contributed by atoms with Gasteiger partial charge in [0.15, 0.2) is 5.82 Å². The number of urea groups is 1. The number of aromatic nitrogens is 5. The molecule has 3 atom stereocenters. The zero-order chi connectivity index (χ0) is 43.9. The van der Waals surface area contributed by atoms with Gasteiger partial charge in [-0.05, 0) is 123 Å². The van der Waals surface area contributed by atoms with Gasteiger partial charge in [-0.2, -0.15) is 0 Å². The molecule has 63 heavy (non-hydrogen) atoms. The van der Waals surface area contributed by atoms with Gasteiger partial charge in [-0.3, -0.25) is 24.0 Å². The highest BCUT2D eigenvalue weighted by Crippen LogP contribution is 2.56. The molecule has 2 saturated heterocycles. The van der Waals surface area contributed by atoms with Crippen molar-refractivity contribution in [1.29, 1.82) is 0 Å². The fourth-order valence-corrected chi connectivity index (χ4v) is 10.2. The van der Waals surface area contributed by atoms with E-state index in [1.54, 1.807) is 42.9 Å². The Labute approximate surface area is 363 Å². The largest absolute Gasteiger partial charge is 0.497 e. The first kappa shape index (κ1) is 40.5. The van der Waals surface area contributed by atoms with E-state index in [9.17, 15) is 14.4 Å². The van der Waals surface area contributed by atoms with E-state index >= 15 is 9.18 Å². The summed E-state index contributed by atoms with van der Waals surface area (Å²) in [7, 11) is 1.59. The highest BCUT2D eigenvalue weighted by Gasteiger charge is 2.59. The Morgan fingerprint density at radius 3 is 2.46 bits per heavy atom. The smallest absolute Gasteiger partial charge is 0.438 e. The molecule has 6 heterocycles.